The maximum atomic E-state index is 12.3. The molecule has 0 saturated carbocycles. The monoisotopic (exact) mass is 445 g/mol. The zero-order chi connectivity index (χ0) is 19.4. The van der Waals surface area contributed by atoms with Crippen LogP contribution in [0, 0.1) is 13.8 Å². The van der Waals surface area contributed by atoms with Crippen molar-refractivity contribution in [1.29, 1.82) is 0 Å². The molecule has 0 spiro atoms. The second kappa shape index (κ2) is 8.77. The Hall–Kier alpha value is -2.04. The van der Waals surface area contributed by atoms with Gasteiger partial charge in [0.2, 0.25) is 5.91 Å². The molecule has 3 aromatic rings. The topological polar surface area (TPSA) is 38.3 Å². The predicted octanol–water partition coefficient (Wildman–Crippen LogP) is 6.67. The molecule has 27 heavy (non-hydrogen) atoms. The average molecular weight is 447 g/mol. The van der Waals surface area contributed by atoms with Crippen molar-refractivity contribution < 1.29 is 9.53 Å². The van der Waals surface area contributed by atoms with E-state index in [1.54, 1.807) is 0 Å². The predicted molar refractivity (Wildman–Crippen MR) is 116 cm³/mol. The van der Waals surface area contributed by atoms with Crippen molar-refractivity contribution in [3.63, 3.8) is 0 Å². The molecule has 3 aromatic carbocycles. The SMILES string of the molecule is Cc1cc(OCCCC(=O)Nc2cccc3ccccc23)c(Br)c(C)c1Cl. The molecule has 0 saturated heterocycles. The number of anilines is 1. The summed E-state index contributed by atoms with van der Waals surface area (Å²) in [5, 5.41) is 5.89. The van der Waals surface area contributed by atoms with Crippen LogP contribution in [0.25, 0.3) is 10.8 Å². The molecular formula is C22H21BrClNO2. The second-order valence-corrected chi connectivity index (χ2v) is 7.64. The van der Waals surface area contributed by atoms with Crippen molar-refractivity contribution in [1.82, 2.24) is 0 Å². The Kier molecular flexibility index (Phi) is 6.40. The van der Waals surface area contributed by atoms with Crippen molar-refractivity contribution >= 4 is 49.9 Å². The summed E-state index contributed by atoms with van der Waals surface area (Å²) in [6.45, 7) is 4.36. The first kappa shape index (κ1) is 19.7. The van der Waals surface area contributed by atoms with Gasteiger partial charge in [0.25, 0.3) is 0 Å². The van der Waals surface area contributed by atoms with Crippen LogP contribution < -0.4 is 10.1 Å². The van der Waals surface area contributed by atoms with Gasteiger partial charge in [-0.15, -0.1) is 0 Å². The highest BCUT2D eigenvalue weighted by Gasteiger charge is 2.11. The Bertz CT molecular complexity index is 982. The van der Waals surface area contributed by atoms with E-state index >= 15 is 0 Å². The number of benzene rings is 3. The molecule has 1 amide bonds. The number of hydrogen-bond acceptors (Lipinski definition) is 2. The highest BCUT2D eigenvalue weighted by molar-refractivity contribution is 9.10. The summed E-state index contributed by atoms with van der Waals surface area (Å²) < 4.78 is 6.70. The van der Waals surface area contributed by atoms with Crippen LogP contribution in [0.4, 0.5) is 5.69 Å². The van der Waals surface area contributed by atoms with Gasteiger partial charge in [-0.3, -0.25) is 4.79 Å². The van der Waals surface area contributed by atoms with Gasteiger partial charge in [-0.05, 0) is 64.8 Å². The number of ether oxygens (including phenoxy) is 1. The summed E-state index contributed by atoms with van der Waals surface area (Å²) in [6.07, 6.45) is 1.02. The molecule has 0 aliphatic carbocycles. The zero-order valence-corrected chi connectivity index (χ0v) is 17.7. The van der Waals surface area contributed by atoms with Crippen LogP contribution in [0.1, 0.15) is 24.0 Å². The van der Waals surface area contributed by atoms with Crippen LogP contribution in [0.2, 0.25) is 5.02 Å². The number of carbonyl (C=O) groups excluding carboxylic acids is 1. The third-order valence-corrected chi connectivity index (χ3v) is 6.01. The van der Waals surface area contributed by atoms with Gasteiger partial charge in [-0.2, -0.15) is 0 Å². The van der Waals surface area contributed by atoms with Gasteiger partial charge in [-0.25, -0.2) is 0 Å². The van der Waals surface area contributed by atoms with Crippen molar-refractivity contribution in [2.45, 2.75) is 26.7 Å². The Balaban J connectivity index is 1.55. The Morgan fingerprint density at radius 2 is 1.89 bits per heavy atom. The van der Waals surface area contributed by atoms with Gasteiger partial charge >= 0.3 is 0 Å². The number of fused-ring (bicyclic) bond motifs is 1. The minimum absolute atomic E-state index is 0.0162. The average Bonchev–Trinajstić information content (AvgIpc) is 2.67. The lowest BCUT2D eigenvalue weighted by Crippen LogP contribution is -2.13. The second-order valence-electron chi connectivity index (χ2n) is 6.47. The molecule has 1 N–H and O–H groups in total. The number of carbonyl (C=O) groups is 1. The maximum absolute atomic E-state index is 12.3. The minimum atomic E-state index is -0.0162. The quantitative estimate of drug-likeness (QED) is 0.429. The summed E-state index contributed by atoms with van der Waals surface area (Å²) in [7, 11) is 0. The molecule has 0 aromatic heterocycles. The molecular weight excluding hydrogens is 426 g/mol. The van der Waals surface area contributed by atoms with Gasteiger partial charge in [0.15, 0.2) is 0 Å². The fourth-order valence-electron chi connectivity index (χ4n) is 2.97. The van der Waals surface area contributed by atoms with E-state index in [-0.39, 0.29) is 5.91 Å². The van der Waals surface area contributed by atoms with Crippen molar-refractivity contribution in [2.24, 2.45) is 0 Å². The van der Waals surface area contributed by atoms with Crippen molar-refractivity contribution in [2.75, 3.05) is 11.9 Å². The van der Waals surface area contributed by atoms with Crippen LogP contribution in [-0.2, 0) is 4.79 Å². The van der Waals surface area contributed by atoms with E-state index in [2.05, 4.69) is 21.2 Å². The Labute approximate surface area is 172 Å². The van der Waals surface area contributed by atoms with E-state index < -0.39 is 0 Å². The number of aryl methyl sites for hydroxylation is 1. The molecule has 5 heteroatoms. The largest absolute Gasteiger partial charge is 0.492 e. The summed E-state index contributed by atoms with van der Waals surface area (Å²) in [6, 6.07) is 15.8. The standard InChI is InChI=1S/C22H21BrClNO2/c1-14-13-19(21(23)15(2)22(14)24)27-12-6-11-20(26)25-18-10-5-8-16-7-3-4-9-17(16)18/h3-5,7-10,13H,6,11-12H2,1-2H3,(H,25,26). The van der Waals surface area contributed by atoms with Crippen LogP contribution in [0.3, 0.4) is 0 Å². The van der Waals surface area contributed by atoms with Crippen LogP contribution in [0.15, 0.2) is 53.0 Å². The minimum Gasteiger partial charge on any atom is -0.492 e. The van der Waals surface area contributed by atoms with Crippen LogP contribution in [0.5, 0.6) is 5.75 Å². The van der Waals surface area contributed by atoms with Gasteiger partial charge in [-0.1, -0.05) is 48.0 Å². The molecule has 0 aliphatic heterocycles. The lowest BCUT2D eigenvalue weighted by molar-refractivity contribution is -0.116. The van der Waals surface area contributed by atoms with Gasteiger partial charge < -0.3 is 10.1 Å². The van der Waals surface area contributed by atoms with Gasteiger partial charge in [0.05, 0.1) is 11.1 Å². The Morgan fingerprint density at radius 1 is 1.15 bits per heavy atom. The summed E-state index contributed by atoms with van der Waals surface area (Å²) in [5.41, 5.74) is 2.77. The van der Waals surface area contributed by atoms with E-state index in [1.165, 1.54) is 0 Å². The third kappa shape index (κ3) is 4.63. The van der Waals surface area contributed by atoms with Crippen molar-refractivity contribution in [3.05, 3.63) is 69.2 Å². The lowest BCUT2D eigenvalue weighted by atomic mass is 10.1. The van der Waals surface area contributed by atoms with E-state index in [1.807, 2.05) is 62.4 Å². The molecule has 0 fully saturated rings. The molecule has 3 nitrogen and oxygen atoms in total. The highest BCUT2D eigenvalue weighted by atomic mass is 79.9. The fraction of sp³-hybridized carbons (Fsp3) is 0.227. The van der Waals surface area contributed by atoms with Crippen LogP contribution >= 0.6 is 27.5 Å². The van der Waals surface area contributed by atoms with E-state index in [0.717, 1.165) is 42.8 Å². The molecule has 140 valence electrons. The summed E-state index contributed by atoms with van der Waals surface area (Å²) in [5.74, 6) is 0.737. The number of halogens is 2. The zero-order valence-electron chi connectivity index (χ0n) is 15.3. The normalized spacial score (nSPS) is 10.8. The van der Waals surface area contributed by atoms with Crippen molar-refractivity contribution in [3.8, 4) is 5.75 Å². The van der Waals surface area contributed by atoms with E-state index in [4.69, 9.17) is 16.3 Å². The molecule has 0 atom stereocenters. The first-order chi connectivity index (χ1) is 13.0. The van der Waals surface area contributed by atoms with E-state index in [9.17, 15) is 4.79 Å². The summed E-state index contributed by atoms with van der Waals surface area (Å²) >= 11 is 9.76. The number of amides is 1. The maximum Gasteiger partial charge on any atom is 0.224 e. The first-order valence-corrected chi connectivity index (χ1v) is 10.00. The molecule has 3 rings (SSSR count). The fourth-order valence-corrected chi connectivity index (χ4v) is 3.66. The smallest absolute Gasteiger partial charge is 0.224 e. The summed E-state index contributed by atoms with van der Waals surface area (Å²) in [4.78, 5) is 12.3. The van der Waals surface area contributed by atoms with Crippen LogP contribution in [-0.4, -0.2) is 12.5 Å². The van der Waals surface area contributed by atoms with E-state index in [0.29, 0.717) is 19.4 Å². The lowest BCUT2D eigenvalue weighted by Gasteiger charge is -2.13. The van der Waals surface area contributed by atoms with Gasteiger partial charge in [0.1, 0.15) is 5.75 Å². The number of nitrogens with one attached hydrogen (secondary N) is 1. The Morgan fingerprint density at radius 3 is 2.70 bits per heavy atom. The third-order valence-electron chi connectivity index (χ3n) is 4.44. The highest BCUT2D eigenvalue weighted by Crippen LogP contribution is 2.35. The van der Waals surface area contributed by atoms with Gasteiger partial charge in [0, 0.05) is 22.5 Å². The molecule has 0 bridgehead atoms. The molecule has 0 radical (unpaired) electrons. The number of rotatable bonds is 6. The first-order valence-electron chi connectivity index (χ1n) is 8.83. The molecule has 0 heterocycles. The molecule has 0 aliphatic rings. The number of hydrogen-bond donors (Lipinski definition) is 1. The molecule has 0 unspecified atom stereocenters.